The van der Waals surface area contributed by atoms with Crippen LogP contribution >= 0.6 is 0 Å². The number of fused-ring (bicyclic) bond motifs is 1. The van der Waals surface area contributed by atoms with Gasteiger partial charge < -0.3 is 24.4 Å². The van der Waals surface area contributed by atoms with Crippen molar-refractivity contribution in [2.45, 2.75) is 26.1 Å². The quantitative estimate of drug-likeness (QED) is 0.559. The Morgan fingerprint density at radius 1 is 1.03 bits per heavy atom. The van der Waals surface area contributed by atoms with Crippen molar-refractivity contribution < 1.29 is 14.3 Å². The van der Waals surface area contributed by atoms with E-state index in [1.54, 1.807) is 7.11 Å². The molecule has 0 bridgehead atoms. The lowest BCUT2D eigenvalue weighted by molar-refractivity contribution is -0.134. The van der Waals surface area contributed by atoms with Crippen LogP contribution in [0.25, 0.3) is 0 Å². The Labute approximate surface area is 200 Å². The van der Waals surface area contributed by atoms with Gasteiger partial charge >= 0.3 is 6.03 Å². The van der Waals surface area contributed by atoms with E-state index in [9.17, 15) is 9.59 Å². The summed E-state index contributed by atoms with van der Waals surface area (Å²) in [7, 11) is 1.59. The number of hydrogen-bond donors (Lipinski definition) is 1. The molecular formula is C27H32N4O3. The van der Waals surface area contributed by atoms with E-state index in [0.717, 1.165) is 23.4 Å². The smallest absolute Gasteiger partial charge is 0.318 e. The number of carbonyl (C=O) groups excluding carboxylic acids is 2. The third kappa shape index (κ3) is 5.48. The maximum Gasteiger partial charge on any atom is 0.318 e. The molecule has 0 spiro atoms. The van der Waals surface area contributed by atoms with Gasteiger partial charge in [0.1, 0.15) is 6.54 Å². The highest BCUT2D eigenvalue weighted by Crippen LogP contribution is 2.32. The molecule has 1 aliphatic rings. The molecule has 0 aliphatic carbocycles. The third-order valence-electron chi connectivity index (χ3n) is 6.22. The zero-order valence-electron chi connectivity index (χ0n) is 19.8. The molecule has 1 aromatic heterocycles. The van der Waals surface area contributed by atoms with E-state index in [0.29, 0.717) is 26.2 Å². The third-order valence-corrected chi connectivity index (χ3v) is 6.22. The van der Waals surface area contributed by atoms with Gasteiger partial charge in [0.15, 0.2) is 0 Å². The molecule has 4 rings (SSSR count). The molecule has 1 aliphatic heterocycles. The molecule has 0 saturated carbocycles. The predicted molar refractivity (Wildman–Crippen MR) is 131 cm³/mol. The van der Waals surface area contributed by atoms with Crippen LogP contribution in [0.3, 0.4) is 0 Å². The van der Waals surface area contributed by atoms with E-state index in [-0.39, 0.29) is 24.5 Å². The van der Waals surface area contributed by atoms with Crippen molar-refractivity contribution in [3.05, 3.63) is 95.3 Å². The topological polar surface area (TPSA) is 66.8 Å². The molecule has 178 valence electrons. The Morgan fingerprint density at radius 3 is 2.53 bits per heavy atom. The van der Waals surface area contributed by atoms with Crippen LogP contribution in [0.5, 0.6) is 0 Å². The highest BCUT2D eigenvalue weighted by molar-refractivity contribution is 5.84. The Bertz CT molecular complexity index is 1090. The summed E-state index contributed by atoms with van der Waals surface area (Å²) in [5.74, 6) is -0.0796. The van der Waals surface area contributed by atoms with Crippen molar-refractivity contribution in [1.82, 2.24) is 19.7 Å². The fourth-order valence-electron chi connectivity index (χ4n) is 4.34. The molecule has 7 heteroatoms. The zero-order valence-corrected chi connectivity index (χ0v) is 19.8. The first kappa shape index (κ1) is 23.6. The van der Waals surface area contributed by atoms with Gasteiger partial charge in [-0.3, -0.25) is 4.79 Å². The van der Waals surface area contributed by atoms with Gasteiger partial charge in [-0.1, -0.05) is 60.2 Å². The van der Waals surface area contributed by atoms with Crippen molar-refractivity contribution in [3.8, 4) is 0 Å². The molecule has 7 nitrogen and oxygen atoms in total. The second-order valence-electron chi connectivity index (χ2n) is 8.59. The molecule has 2 heterocycles. The number of rotatable bonds is 8. The number of aryl methyl sites for hydroxylation is 1. The van der Waals surface area contributed by atoms with Crippen LogP contribution in [-0.2, 0) is 22.6 Å². The summed E-state index contributed by atoms with van der Waals surface area (Å²) in [5.41, 5.74) is 4.33. The van der Waals surface area contributed by atoms with Gasteiger partial charge in [-0.25, -0.2) is 4.79 Å². The van der Waals surface area contributed by atoms with Gasteiger partial charge in [0.05, 0.1) is 12.6 Å². The lowest BCUT2D eigenvalue weighted by Crippen LogP contribution is -2.50. The summed E-state index contributed by atoms with van der Waals surface area (Å²) < 4.78 is 7.40. The molecule has 1 atom stereocenters. The normalized spacial score (nSPS) is 15.0. The summed E-state index contributed by atoms with van der Waals surface area (Å²) in [6, 6.07) is 21.7. The average molecular weight is 461 g/mol. The Morgan fingerprint density at radius 2 is 1.79 bits per heavy atom. The first-order valence-electron chi connectivity index (χ1n) is 11.6. The van der Waals surface area contributed by atoms with E-state index >= 15 is 0 Å². The highest BCUT2D eigenvalue weighted by atomic mass is 16.5. The Kier molecular flexibility index (Phi) is 7.65. The van der Waals surface area contributed by atoms with E-state index in [1.165, 1.54) is 10.5 Å². The number of nitrogens with zero attached hydrogens (tertiary/aromatic N) is 3. The van der Waals surface area contributed by atoms with Crippen LogP contribution in [0, 0.1) is 6.92 Å². The predicted octanol–water partition coefficient (Wildman–Crippen LogP) is 3.59. The number of amides is 3. The molecule has 1 N–H and O–H groups in total. The molecule has 0 radical (unpaired) electrons. The maximum atomic E-state index is 13.6. The van der Waals surface area contributed by atoms with Crippen molar-refractivity contribution in [2.24, 2.45) is 0 Å². The van der Waals surface area contributed by atoms with Crippen molar-refractivity contribution in [2.75, 3.05) is 33.4 Å². The summed E-state index contributed by atoms with van der Waals surface area (Å²) in [5, 5.41) is 2.93. The van der Waals surface area contributed by atoms with Crippen molar-refractivity contribution >= 4 is 11.9 Å². The maximum absolute atomic E-state index is 13.6. The SMILES string of the molecule is COCCN(CC(=O)N1CCn2cccc2C1c1ccc(C)cc1)C(=O)NCc1ccccc1. The summed E-state index contributed by atoms with van der Waals surface area (Å²) in [6.07, 6.45) is 2.06. The minimum Gasteiger partial charge on any atom is -0.383 e. The fraction of sp³-hybridized carbons (Fsp3) is 0.333. The number of benzene rings is 2. The molecule has 2 aromatic carbocycles. The fourth-order valence-corrected chi connectivity index (χ4v) is 4.34. The first-order chi connectivity index (χ1) is 16.6. The zero-order chi connectivity index (χ0) is 23.9. The number of urea groups is 1. The summed E-state index contributed by atoms with van der Waals surface area (Å²) in [4.78, 5) is 30.0. The van der Waals surface area contributed by atoms with Crippen molar-refractivity contribution in [3.63, 3.8) is 0 Å². The first-order valence-corrected chi connectivity index (χ1v) is 11.6. The van der Waals surface area contributed by atoms with E-state index in [4.69, 9.17) is 4.74 Å². The molecule has 0 fully saturated rings. The lowest BCUT2D eigenvalue weighted by Gasteiger charge is -2.38. The van der Waals surface area contributed by atoms with Crippen molar-refractivity contribution in [1.29, 1.82) is 0 Å². The second-order valence-corrected chi connectivity index (χ2v) is 8.59. The van der Waals surface area contributed by atoms with Crippen LogP contribution in [0.1, 0.15) is 28.4 Å². The average Bonchev–Trinajstić information content (AvgIpc) is 3.34. The molecule has 1 unspecified atom stereocenters. The van der Waals surface area contributed by atoms with E-state index < -0.39 is 0 Å². The van der Waals surface area contributed by atoms with Crippen LogP contribution < -0.4 is 5.32 Å². The number of aromatic nitrogens is 1. The summed E-state index contributed by atoms with van der Waals surface area (Å²) in [6.45, 7) is 4.46. The number of ether oxygens (including phenoxy) is 1. The van der Waals surface area contributed by atoms with Gasteiger partial charge in [0, 0.05) is 45.2 Å². The highest BCUT2D eigenvalue weighted by Gasteiger charge is 2.33. The van der Waals surface area contributed by atoms with Gasteiger partial charge in [-0.15, -0.1) is 0 Å². The minimum atomic E-state index is -0.276. The van der Waals surface area contributed by atoms with E-state index in [1.807, 2.05) is 41.3 Å². The van der Waals surface area contributed by atoms with Gasteiger partial charge in [-0.05, 0) is 30.2 Å². The number of hydrogen-bond acceptors (Lipinski definition) is 3. The monoisotopic (exact) mass is 460 g/mol. The molecule has 34 heavy (non-hydrogen) atoms. The molecule has 3 aromatic rings. The van der Waals surface area contributed by atoms with Crippen LogP contribution in [0.15, 0.2) is 72.9 Å². The van der Waals surface area contributed by atoms with Crippen LogP contribution in [-0.4, -0.2) is 59.7 Å². The Balaban J connectivity index is 1.51. The molecule has 3 amide bonds. The molecular weight excluding hydrogens is 428 g/mol. The Hall–Kier alpha value is -3.58. The standard InChI is InChI=1S/C27H32N4O3/c1-21-10-12-23(13-11-21)26-24-9-6-14-29(24)15-16-31(26)25(32)20-30(17-18-34-2)27(33)28-19-22-7-4-3-5-8-22/h3-14,26H,15-20H2,1-2H3,(H,28,33). The largest absolute Gasteiger partial charge is 0.383 e. The number of nitrogens with one attached hydrogen (secondary N) is 1. The number of methoxy groups -OCH3 is 1. The van der Waals surface area contributed by atoms with Gasteiger partial charge in [0.25, 0.3) is 0 Å². The minimum absolute atomic E-state index is 0.00689. The van der Waals surface area contributed by atoms with Crippen LogP contribution in [0.2, 0.25) is 0 Å². The lowest BCUT2D eigenvalue weighted by atomic mass is 9.98. The van der Waals surface area contributed by atoms with E-state index in [2.05, 4.69) is 53.3 Å². The van der Waals surface area contributed by atoms with Gasteiger partial charge in [-0.2, -0.15) is 0 Å². The van der Waals surface area contributed by atoms with Gasteiger partial charge in [0.2, 0.25) is 5.91 Å². The molecule has 0 saturated heterocycles. The number of carbonyl (C=O) groups is 2. The van der Waals surface area contributed by atoms with Crippen LogP contribution in [0.4, 0.5) is 4.79 Å². The summed E-state index contributed by atoms with van der Waals surface area (Å²) >= 11 is 0. The second kappa shape index (κ2) is 11.0.